The van der Waals surface area contributed by atoms with Gasteiger partial charge in [-0.3, -0.25) is 4.98 Å². The second-order valence-electron chi connectivity index (χ2n) is 1.39. The van der Waals surface area contributed by atoms with E-state index in [1.54, 1.807) is 0 Å². The Bertz CT molecular complexity index is 449. The summed E-state index contributed by atoms with van der Waals surface area (Å²) in [5.74, 6) is 0. The highest BCUT2D eigenvalue weighted by atomic mass is 79.9. The molecular formula is C7H8BrN. The topological polar surface area (TPSA) is 12.9 Å². The zero-order valence-electron chi connectivity index (χ0n) is 12.3. The predicted molar refractivity (Wildman–Crippen MR) is 41.4 cm³/mol. The van der Waals surface area contributed by atoms with Crippen LogP contribution in [-0.4, -0.2) is 4.98 Å². The second-order valence-corrected chi connectivity index (χ2v) is 2.18. The fourth-order valence-corrected chi connectivity index (χ4v) is 0.632. The van der Waals surface area contributed by atoms with E-state index in [0.717, 1.165) is 0 Å². The SMILES string of the molecule is [2H]c1nc(C([2H])([2H])[2H])c(C([2H])([2H])[2H])c(Br)c1[2H]. The molecule has 0 fully saturated rings. The minimum Gasteiger partial charge on any atom is -0.261 e. The molecular weight excluding hydrogens is 178 g/mol. The quantitative estimate of drug-likeness (QED) is 0.618. The predicted octanol–water partition coefficient (Wildman–Crippen LogP) is 2.46. The van der Waals surface area contributed by atoms with Crippen LogP contribution in [0.25, 0.3) is 0 Å². The molecule has 0 N–H and O–H groups in total. The normalized spacial score (nSPS) is 25.4. The van der Waals surface area contributed by atoms with E-state index in [2.05, 4.69) is 20.9 Å². The van der Waals surface area contributed by atoms with Gasteiger partial charge in [0.15, 0.2) is 0 Å². The third kappa shape index (κ3) is 1.30. The lowest BCUT2D eigenvalue weighted by atomic mass is 10.2. The molecule has 0 aliphatic heterocycles. The van der Waals surface area contributed by atoms with Crippen LogP contribution < -0.4 is 0 Å². The number of pyridine rings is 1. The molecule has 0 spiro atoms. The molecule has 48 valence electrons. The van der Waals surface area contributed by atoms with Gasteiger partial charge in [-0.1, -0.05) is 15.9 Å². The molecule has 0 saturated heterocycles. The number of rotatable bonds is 0. The number of halogens is 1. The van der Waals surface area contributed by atoms with E-state index < -0.39 is 37.2 Å². The average Bonchev–Trinajstić information content (AvgIpc) is 2.09. The van der Waals surface area contributed by atoms with Crippen molar-refractivity contribution in [3.63, 3.8) is 0 Å². The van der Waals surface area contributed by atoms with Gasteiger partial charge in [-0.15, -0.1) is 0 Å². The maximum absolute atomic E-state index is 7.44. The van der Waals surface area contributed by atoms with Crippen molar-refractivity contribution in [1.82, 2.24) is 4.98 Å². The molecule has 0 amide bonds. The van der Waals surface area contributed by atoms with Gasteiger partial charge in [0.2, 0.25) is 0 Å². The van der Waals surface area contributed by atoms with Crippen molar-refractivity contribution in [1.29, 1.82) is 0 Å². The van der Waals surface area contributed by atoms with Gasteiger partial charge in [0, 0.05) is 24.6 Å². The number of aromatic nitrogens is 1. The Balaban J connectivity index is 3.71. The van der Waals surface area contributed by atoms with Crippen LogP contribution in [0.5, 0.6) is 0 Å². The summed E-state index contributed by atoms with van der Waals surface area (Å²) in [4.78, 5) is 3.40. The molecule has 1 rings (SSSR count). The van der Waals surface area contributed by atoms with Gasteiger partial charge < -0.3 is 0 Å². The van der Waals surface area contributed by atoms with Crippen LogP contribution in [0.2, 0.25) is 0 Å². The van der Waals surface area contributed by atoms with Crippen molar-refractivity contribution in [3.05, 3.63) is 27.9 Å². The first-order chi connectivity index (χ1) is 7.46. The number of nitrogens with zero attached hydrogens (tertiary/aromatic N) is 1. The van der Waals surface area contributed by atoms with Crippen LogP contribution in [0.1, 0.15) is 22.2 Å². The third-order valence-electron chi connectivity index (χ3n) is 0.790. The molecule has 0 unspecified atom stereocenters. The van der Waals surface area contributed by atoms with E-state index in [0.29, 0.717) is 0 Å². The van der Waals surface area contributed by atoms with Crippen LogP contribution in [0.4, 0.5) is 0 Å². The molecule has 0 aliphatic rings. The highest BCUT2D eigenvalue weighted by molar-refractivity contribution is 9.10. The molecule has 2 heteroatoms. The highest BCUT2D eigenvalue weighted by Crippen LogP contribution is 2.15. The molecule has 9 heavy (non-hydrogen) atoms. The summed E-state index contributed by atoms with van der Waals surface area (Å²) in [5.41, 5.74) is -1.19. The van der Waals surface area contributed by atoms with Crippen molar-refractivity contribution in [2.45, 2.75) is 13.7 Å². The summed E-state index contributed by atoms with van der Waals surface area (Å²) in [6.07, 6.45) is -0.573. The minimum atomic E-state index is -2.74. The molecule has 0 atom stereocenters. The van der Waals surface area contributed by atoms with Gasteiger partial charge in [0.25, 0.3) is 0 Å². The van der Waals surface area contributed by atoms with Crippen molar-refractivity contribution in [2.75, 3.05) is 0 Å². The lowest BCUT2D eigenvalue weighted by Crippen LogP contribution is -1.84. The van der Waals surface area contributed by atoms with E-state index in [1.165, 1.54) is 0 Å². The number of hydrogen-bond acceptors (Lipinski definition) is 1. The first kappa shape index (κ1) is 1.82. The van der Waals surface area contributed by atoms with Gasteiger partial charge in [0.1, 0.15) is 0 Å². The van der Waals surface area contributed by atoms with Gasteiger partial charge in [-0.25, -0.2) is 0 Å². The molecule has 1 aromatic heterocycles. The van der Waals surface area contributed by atoms with Crippen LogP contribution >= 0.6 is 15.9 Å². The van der Waals surface area contributed by atoms with E-state index in [4.69, 9.17) is 11.0 Å². The van der Waals surface area contributed by atoms with Crippen molar-refractivity contribution in [3.8, 4) is 0 Å². The highest BCUT2D eigenvalue weighted by Gasteiger charge is 1.95. The van der Waals surface area contributed by atoms with Crippen LogP contribution in [0.3, 0.4) is 0 Å². The molecule has 1 aromatic rings. The maximum atomic E-state index is 7.44. The molecule has 0 radical (unpaired) electrons. The maximum Gasteiger partial charge on any atom is 0.0840 e. The van der Waals surface area contributed by atoms with Crippen LogP contribution in [0, 0.1) is 13.7 Å². The summed E-state index contributed by atoms with van der Waals surface area (Å²) in [6.45, 7) is -5.45. The first-order valence-electron chi connectivity index (χ1n) is 6.14. The lowest BCUT2D eigenvalue weighted by Gasteiger charge is -1.98. The van der Waals surface area contributed by atoms with Gasteiger partial charge in [-0.05, 0) is 25.3 Å². The van der Waals surface area contributed by atoms with Gasteiger partial charge in [-0.2, -0.15) is 0 Å². The summed E-state index contributed by atoms with van der Waals surface area (Å²) < 4.78 is 58.0. The Morgan fingerprint density at radius 3 is 3.33 bits per heavy atom. The van der Waals surface area contributed by atoms with Crippen molar-refractivity contribution < 1.29 is 11.0 Å². The fraction of sp³-hybridized carbons (Fsp3) is 0.286. The largest absolute Gasteiger partial charge is 0.261 e. The van der Waals surface area contributed by atoms with Crippen molar-refractivity contribution in [2.24, 2.45) is 0 Å². The zero-order valence-corrected chi connectivity index (χ0v) is 5.91. The smallest absolute Gasteiger partial charge is 0.0840 e. The van der Waals surface area contributed by atoms with Crippen LogP contribution in [0.15, 0.2) is 16.7 Å². The molecule has 0 aromatic carbocycles. The Morgan fingerprint density at radius 1 is 1.78 bits per heavy atom. The summed E-state index contributed by atoms with van der Waals surface area (Å²) in [6, 6.07) is -0.441. The summed E-state index contributed by atoms with van der Waals surface area (Å²) in [5, 5.41) is 0. The Kier molecular flexibility index (Phi) is 0.501. The third-order valence-corrected chi connectivity index (χ3v) is 1.38. The first-order valence-corrected chi connectivity index (χ1v) is 2.93. The van der Waals surface area contributed by atoms with Gasteiger partial charge >= 0.3 is 0 Å². The van der Waals surface area contributed by atoms with E-state index in [1.807, 2.05) is 0 Å². The molecule has 0 aliphatic carbocycles. The Hall–Kier alpha value is -0.370. The van der Waals surface area contributed by atoms with Crippen molar-refractivity contribution >= 4 is 15.9 Å². The van der Waals surface area contributed by atoms with E-state index in [9.17, 15) is 0 Å². The number of aryl methyl sites for hydroxylation is 1. The molecule has 0 saturated carbocycles. The van der Waals surface area contributed by atoms with E-state index in [-0.39, 0.29) is 4.47 Å². The molecule has 1 nitrogen and oxygen atoms in total. The summed E-state index contributed by atoms with van der Waals surface area (Å²) in [7, 11) is 0. The number of hydrogen-bond donors (Lipinski definition) is 0. The molecule has 1 heterocycles. The molecule has 0 bridgehead atoms. The average molecular weight is 194 g/mol. The monoisotopic (exact) mass is 193 g/mol. The van der Waals surface area contributed by atoms with E-state index >= 15 is 0 Å². The summed E-state index contributed by atoms with van der Waals surface area (Å²) >= 11 is 2.85. The fourth-order valence-electron chi connectivity index (χ4n) is 0.355. The minimum absolute atomic E-state index is 0.219. The zero-order chi connectivity index (χ0) is 13.6. The lowest BCUT2D eigenvalue weighted by molar-refractivity contribution is 1.14. The Morgan fingerprint density at radius 2 is 2.67 bits per heavy atom. The standard InChI is InChI=1S/C7H8BrN/c1-5-6(2)9-4-3-7(5)8/h3-4H,1-2H3/i1D3,2D3,3D,4D. The van der Waals surface area contributed by atoms with Gasteiger partial charge in [0.05, 0.1) is 2.74 Å². The van der Waals surface area contributed by atoms with Crippen LogP contribution in [-0.2, 0) is 0 Å². The second kappa shape index (κ2) is 2.48. The Labute approximate surface area is 74.5 Å².